The summed E-state index contributed by atoms with van der Waals surface area (Å²) in [5, 5.41) is 2.84. The Morgan fingerprint density at radius 2 is 1.79 bits per heavy atom. The average Bonchev–Trinajstić information content (AvgIpc) is 2.75. The number of hydrogen-bond donors (Lipinski definition) is 1. The van der Waals surface area contributed by atoms with E-state index in [2.05, 4.69) is 20.1 Å². The Hall–Kier alpha value is -2.93. The van der Waals surface area contributed by atoms with E-state index in [1.54, 1.807) is 13.2 Å². The molecule has 2 amide bonds. The Kier molecular flexibility index (Phi) is 6.82. The van der Waals surface area contributed by atoms with Crippen LogP contribution in [0.5, 0.6) is 0 Å². The van der Waals surface area contributed by atoms with Gasteiger partial charge in [0.25, 0.3) is 0 Å². The molecule has 2 aromatic rings. The monoisotopic (exact) mass is 395 g/mol. The standard InChI is InChI=1S/C22H29N5O2/c1-17-7-9-19(10-8-17)24-21(28)16-25(3)22(29)18(2)26-12-14-27(15-13-26)20-6-4-5-11-23-20/h4-11,18H,12-16H2,1-3H3,(H,24,28)/t18-/m1/s1. The van der Waals surface area contributed by atoms with Gasteiger partial charge in [0.05, 0.1) is 12.6 Å². The number of aromatic nitrogens is 1. The zero-order valence-electron chi connectivity index (χ0n) is 17.3. The van der Waals surface area contributed by atoms with Crippen LogP contribution in [-0.2, 0) is 9.59 Å². The molecule has 1 N–H and O–H groups in total. The Labute approximate surface area is 172 Å². The minimum atomic E-state index is -0.266. The normalized spacial score (nSPS) is 15.6. The van der Waals surface area contributed by atoms with Gasteiger partial charge in [-0.3, -0.25) is 14.5 Å². The third kappa shape index (κ3) is 5.54. The van der Waals surface area contributed by atoms with Gasteiger partial charge in [-0.2, -0.15) is 0 Å². The van der Waals surface area contributed by atoms with Gasteiger partial charge in [-0.15, -0.1) is 0 Å². The number of nitrogens with one attached hydrogen (secondary N) is 1. The molecule has 29 heavy (non-hydrogen) atoms. The van der Waals surface area contributed by atoms with Crippen LogP contribution in [0.3, 0.4) is 0 Å². The summed E-state index contributed by atoms with van der Waals surface area (Å²) in [5.74, 6) is 0.725. The summed E-state index contributed by atoms with van der Waals surface area (Å²) >= 11 is 0. The second kappa shape index (κ2) is 9.52. The van der Waals surface area contributed by atoms with Crippen LogP contribution in [0.4, 0.5) is 11.5 Å². The number of hydrogen-bond acceptors (Lipinski definition) is 5. The van der Waals surface area contributed by atoms with E-state index < -0.39 is 0 Å². The molecule has 1 aromatic heterocycles. The summed E-state index contributed by atoms with van der Waals surface area (Å²) in [7, 11) is 1.68. The number of aryl methyl sites for hydroxylation is 1. The van der Waals surface area contributed by atoms with Crippen LogP contribution in [0.1, 0.15) is 12.5 Å². The maximum absolute atomic E-state index is 12.8. The summed E-state index contributed by atoms with van der Waals surface area (Å²) in [5.41, 5.74) is 1.87. The third-order valence-electron chi connectivity index (χ3n) is 5.28. The van der Waals surface area contributed by atoms with E-state index in [4.69, 9.17) is 0 Å². The fourth-order valence-electron chi connectivity index (χ4n) is 3.48. The minimum absolute atomic E-state index is 0.0327. The molecule has 154 valence electrons. The molecule has 7 nitrogen and oxygen atoms in total. The van der Waals surface area contributed by atoms with Crippen molar-refractivity contribution in [2.75, 3.05) is 50.0 Å². The number of pyridine rings is 1. The molecule has 2 heterocycles. The Morgan fingerprint density at radius 3 is 2.41 bits per heavy atom. The lowest BCUT2D eigenvalue weighted by Gasteiger charge is -2.38. The highest BCUT2D eigenvalue weighted by atomic mass is 16.2. The van der Waals surface area contributed by atoms with Gasteiger partial charge < -0.3 is 15.1 Å². The molecule has 1 aliphatic rings. The van der Waals surface area contributed by atoms with Gasteiger partial charge in [0.2, 0.25) is 11.8 Å². The van der Waals surface area contributed by atoms with Gasteiger partial charge in [-0.1, -0.05) is 23.8 Å². The zero-order valence-corrected chi connectivity index (χ0v) is 17.3. The van der Waals surface area contributed by atoms with Crippen molar-refractivity contribution in [2.24, 2.45) is 0 Å². The molecule has 1 atom stereocenters. The van der Waals surface area contributed by atoms with Crippen LogP contribution in [0.25, 0.3) is 0 Å². The summed E-state index contributed by atoms with van der Waals surface area (Å²) in [6.07, 6.45) is 1.80. The largest absolute Gasteiger partial charge is 0.354 e. The topological polar surface area (TPSA) is 68.8 Å². The van der Waals surface area contributed by atoms with E-state index in [1.165, 1.54) is 4.90 Å². The van der Waals surface area contributed by atoms with E-state index in [-0.39, 0.29) is 24.4 Å². The summed E-state index contributed by atoms with van der Waals surface area (Å²) in [6.45, 7) is 7.16. The molecule has 0 aliphatic carbocycles. The molecule has 0 bridgehead atoms. The lowest BCUT2D eigenvalue weighted by Crippen LogP contribution is -2.54. The highest BCUT2D eigenvalue weighted by Crippen LogP contribution is 2.15. The first kappa shape index (κ1) is 20.8. The quantitative estimate of drug-likeness (QED) is 0.810. The van der Waals surface area contributed by atoms with E-state index >= 15 is 0 Å². The van der Waals surface area contributed by atoms with Gasteiger partial charge in [-0.05, 0) is 38.1 Å². The molecule has 3 rings (SSSR count). The number of anilines is 2. The number of carbonyl (C=O) groups is 2. The number of carbonyl (C=O) groups excluding carboxylic acids is 2. The van der Waals surface area contributed by atoms with Crippen molar-refractivity contribution < 1.29 is 9.59 Å². The number of likely N-dealkylation sites (N-methyl/N-ethyl adjacent to an activating group) is 1. The Morgan fingerprint density at radius 1 is 1.10 bits per heavy atom. The molecule has 0 unspecified atom stereocenters. The maximum atomic E-state index is 12.8. The van der Waals surface area contributed by atoms with E-state index in [0.29, 0.717) is 0 Å². The average molecular weight is 396 g/mol. The predicted molar refractivity (Wildman–Crippen MR) is 115 cm³/mol. The smallest absolute Gasteiger partial charge is 0.243 e. The van der Waals surface area contributed by atoms with Crippen LogP contribution in [-0.4, -0.2) is 72.4 Å². The van der Waals surface area contributed by atoms with Crippen LogP contribution < -0.4 is 10.2 Å². The molecule has 0 radical (unpaired) electrons. The zero-order chi connectivity index (χ0) is 20.8. The van der Waals surface area contributed by atoms with Crippen molar-refractivity contribution >= 4 is 23.3 Å². The highest BCUT2D eigenvalue weighted by molar-refractivity contribution is 5.95. The first-order chi connectivity index (χ1) is 13.9. The van der Waals surface area contributed by atoms with E-state index in [0.717, 1.165) is 43.2 Å². The summed E-state index contributed by atoms with van der Waals surface area (Å²) in [6, 6.07) is 13.2. The Bertz CT molecular complexity index is 817. The van der Waals surface area contributed by atoms with Crippen LogP contribution in [0.15, 0.2) is 48.7 Å². The second-order valence-electron chi connectivity index (χ2n) is 7.50. The Balaban J connectivity index is 1.48. The van der Waals surface area contributed by atoms with Crippen LogP contribution in [0, 0.1) is 6.92 Å². The molecule has 0 spiro atoms. The van der Waals surface area contributed by atoms with Crippen molar-refractivity contribution in [1.82, 2.24) is 14.8 Å². The maximum Gasteiger partial charge on any atom is 0.243 e. The lowest BCUT2D eigenvalue weighted by atomic mass is 10.2. The lowest BCUT2D eigenvalue weighted by molar-refractivity contribution is -0.137. The first-order valence-corrected chi connectivity index (χ1v) is 9.95. The molecule has 1 fully saturated rings. The first-order valence-electron chi connectivity index (χ1n) is 9.95. The van der Waals surface area contributed by atoms with Gasteiger partial charge >= 0.3 is 0 Å². The number of nitrogens with zero attached hydrogens (tertiary/aromatic N) is 4. The van der Waals surface area contributed by atoms with Crippen molar-refractivity contribution in [3.63, 3.8) is 0 Å². The fourth-order valence-corrected chi connectivity index (χ4v) is 3.48. The molecule has 7 heteroatoms. The van der Waals surface area contributed by atoms with Gasteiger partial charge in [0.15, 0.2) is 0 Å². The second-order valence-corrected chi connectivity index (χ2v) is 7.50. The summed E-state index contributed by atoms with van der Waals surface area (Å²) in [4.78, 5) is 35.4. The molecule has 1 aromatic carbocycles. The van der Waals surface area contributed by atoms with Crippen molar-refractivity contribution in [3.8, 4) is 0 Å². The van der Waals surface area contributed by atoms with Crippen molar-refractivity contribution in [2.45, 2.75) is 19.9 Å². The molecule has 1 aliphatic heterocycles. The van der Waals surface area contributed by atoms with Gasteiger partial charge in [0.1, 0.15) is 5.82 Å². The number of piperazine rings is 1. The number of rotatable bonds is 6. The summed E-state index contributed by atoms with van der Waals surface area (Å²) < 4.78 is 0. The predicted octanol–water partition coefficient (Wildman–Crippen LogP) is 2.00. The van der Waals surface area contributed by atoms with Gasteiger partial charge in [0, 0.05) is 45.1 Å². The SMILES string of the molecule is Cc1ccc(NC(=O)CN(C)C(=O)[C@@H](C)N2CCN(c3ccccn3)CC2)cc1. The number of benzene rings is 1. The van der Waals surface area contributed by atoms with Crippen LogP contribution in [0.2, 0.25) is 0 Å². The molecule has 0 saturated carbocycles. The van der Waals surface area contributed by atoms with E-state index in [9.17, 15) is 9.59 Å². The minimum Gasteiger partial charge on any atom is -0.354 e. The van der Waals surface area contributed by atoms with Crippen molar-refractivity contribution in [3.05, 3.63) is 54.2 Å². The fraction of sp³-hybridized carbons (Fsp3) is 0.409. The van der Waals surface area contributed by atoms with E-state index in [1.807, 2.05) is 56.3 Å². The van der Waals surface area contributed by atoms with Gasteiger partial charge in [-0.25, -0.2) is 4.98 Å². The van der Waals surface area contributed by atoms with Crippen molar-refractivity contribution in [1.29, 1.82) is 0 Å². The number of amides is 2. The highest BCUT2D eigenvalue weighted by Gasteiger charge is 2.28. The third-order valence-corrected chi connectivity index (χ3v) is 5.28. The molecular weight excluding hydrogens is 366 g/mol. The molecule has 1 saturated heterocycles. The van der Waals surface area contributed by atoms with Crippen LogP contribution >= 0.6 is 0 Å². The molecular formula is C22H29N5O2.